The number of fused-ring (bicyclic) bond motifs is 2. The lowest BCUT2D eigenvalue weighted by Crippen LogP contribution is -2.45. The van der Waals surface area contributed by atoms with Crippen molar-refractivity contribution in [2.75, 3.05) is 26.8 Å². The highest BCUT2D eigenvalue weighted by Gasteiger charge is 2.29. The van der Waals surface area contributed by atoms with Crippen LogP contribution in [0.1, 0.15) is 41.0 Å². The maximum Gasteiger partial charge on any atom is 0.265 e. The van der Waals surface area contributed by atoms with Gasteiger partial charge in [0.05, 0.1) is 7.11 Å². The number of H-pyrrole nitrogens is 1. The predicted octanol–water partition coefficient (Wildman–Crippen LogP) is 4.50. The molecule has 8 heteroatoms. The average molecular weight is 494 g/mol. The SMILES string of the molecule is COc1cccc2sc(C3CCN(CC(O)COc4cccc5[nH]c(C(N)=O)cc45)[C@@H](C)C3)cc12. The number of carbonyl (C=O) groups excluding carboxylic acids is 1. The van der Waals surface area contributed by atoms with Crippen LogP contribution in [0.15, 0.2) is 48.5 Å². The lowest BCUT2D eigenvalue weighted by Gasteiger charge is -2.38. The fraction of sp³-hybridized carbons (Fsp3) is 0.370. The molecule has 2 aromatic heterocycles. The second-order valence-electron chi connectivity index (χ2n) is 9.32. The quantitative estimate of drug-likeness (QED) is 0.336. The van der Waals surface area contributed by atoms with Crippen LogP contribution < -0.4 is 15.2 Å². The molecule has 0 saturated carbocycles. The third-order valence-electron chi connectivity index (χ3n) is 6.94. The Kier molecular flexibility index (Phi) is 6.69. The Labute approximate surface area is 208 Å². The molecule has 3 heterocycles. The fourth-order valence-corrected chi connectivity index (χ4v) is 6.31. The number of thiophene rings is 1. The van der Waals surface area contributed by atoms with Crippen molar-refractivity contribution in [3.05, 3.63) is 59.1 Å². The minimum atomic E-state index is -0.618. The van der Waals surface area contributed by atoms with Gasteiger partial charge in [0.15, 0.2) is 0 Å². The summed E-state index contributed by atoms with van der Waals surface area (Å²) in [7, 11) is 1.72. The number of nitrogens with one attached hydrogen (secondary N) is 1. The van der Waals surface area contributed by atoms with Crippen molar-refractivity contribution in [3.63, 3.8) is 0 Å². The molecule has 2 unspecified atom stereocenters. The van der Waals surface area contributed by atoms with E-state index in [1.165, 1.54) is 15.0 Å². The van der Waals surface area contributed by atoms with Crippen LogP contribution in [0.2, 0.25) is 0 Å². The minimum absolute atomic E-state index is 0.180. The standard InChI is InChI=1S/C27H31N3O4S/c1-16-11-17(26-13-20-23(33-2)6-4-8-25(20)35-26)9-10-30(16)14-18(31)15-34-24-7-3-5-21-19(24)12-22(29-21)27(28)32/h3-8,12-13,16-18,29,31H,9-11,14-15H2,1-2H3,(H2,28,32)/t16-,17?,18?/m0/s1. The first kappa shape index (κ1) is 23.7. The molecule has 1 amide bonds. The zero-order chi connectivity index (χ0) is 24.5. The van der Waals surface area contributed by atoms with E-state index in [0.717, 1.165) is 36.0 Å². The monoisotopic (exact) mass is 493 g/mol. The molecule has 4 N–H and O–H groups in total. The normalized spacial score (nSPS) is 19.7. The first-order valence-corrected chi connectivity index (χ1v) is 12.8. The van der Waals surface area contributed by atoms with Gasteiger partial charge in [0.25, 0.3) is 5.91 Å². The van der Waals surface area contributed by atoms with Gasteiger partial charge in [0.1, 0.15) is 29.9 Å². The highest BCUT2D eigenvalue weighted by molar-refractivity contribution is 7.19. The van der Waals surface area contributed by atoms with E-state index in [0.29, 0.717) is 29.9 Å². The molecule has 1 aliphatic rings. The van der Waals surface area contributed by atoms with Crippen molar-refractivity contribution in [1.82, 2.24) is 9.88 Å². The molecule has 1 aliphatic heterocycles. The highest BCUT2D eigenvalue weighted by atomic mass is 32.1. The van der Waals surface area contributed by atoms with Gasteiger partial charge in [0, 0.05) is 38.5 Å². The molecule has 3 atom stereocenters. The summed E-state index contributed by atoms with van der Waals surface area (Å²) in [6, 6.07) is 16.1. The van der Waals surface area contributed by atoms with Crippen LogP contribution >= 0.6 is 11.3 Å². The van der Waals surface area contributed by atoms with Crippen molar-refractivity contribution in [3.8, 4) is 11.5 Å². The Morgan fingerprint density at radius 2 is 2.03 bits per heavy atom. The number of amides is 1. The summed E-state index contributed by atoms with van der Waals surface area (Å²) in [5.41, 5.74) is 6.50. The number of aliphatic hydroxyl groups is 1. The number of benzene rings is 2. The van der Waals surface area contributed by atoms with Gasteiger partial charge in [-0.3, -0.25) is 9.69 Å². The molecule has 0 aliphatic carbocycles. The lowest BCUT2D eigenvalue weighted by molar-refractivity contribution is 0.0408. The van der Waals surface area contributed by atoms with E-state index < -0.39 is 12.0 Å². The zero-order valence-corrected chi connectivity index (χ0v) is 20.8. The topological polar surface area (TPSA) is 101 Å². The smallest absolute Gasteiger partial charge is 0.265 e. The van der Waals surface area contributed by atoms with Gasteiger partial charge >= 0.3 is 0 Å². The number of β-amino-alcohol motifs (C(OH)–C–C–N with tert-alkyl or cyclic N) is 1. The number of ether oxygens (including phenoxy) is 2. The maximum absolute atomic E-state index is 11.5. The van der Waals surface area contributed by atoms with E-state index in [4.69, 9.17) is 15.2 Å². The number of rotatable bonds is 8. The van der Waals surface area contributed by atoms with Gasteiger partial charge in [-0.05, 0) is 68.6 Å². The number of piperidine rings is 1. The lowest BCUT2D eigenvalue weighted by atomic mass is 9.90. The summed E-state index contributed by atoms with van der Waals surface area (Å²) in [5, 5.41) is 12.7. The van der Waals surface area contributed by atoms with Gasteiger partial charge in [-0.15, -0.1) is 11.3 Å². The molecule has 0 bridgehead atoms. The summed E-state index contributed by atoms with van der Waals surface area (Å²) >= 11 is 1.86. The maximum atomic E-state index is 11.5. The Morgan fingerprint density at radius 3 is 2.80 bits per heavy atom. The number of aromatic nitrogens is 1. The summed E-state index contributed by atoms with van der Waals surface area (Å²) in [4.78, 5) is 18.2. The van der Waals surface area contributed by atoms with Gasteiger partial charge in [-0.25, -0.2) is 0 Å². The van der Waals surface area contributed by atoms with Gasteiger partial charge < -0.3 is 25.3 Å². The third-order valence-corrected chi connectivity index (χ3v) is 8.21. The van der Waals surface area contributed by atoms with Crippen LogP contribution in [0.3, 0.4) is 0 Å². The molecule has 184 valence electrons. The molecule has 0 spiro atoms. The number of nitrogens with two attached hydrogens (primary N) is 1. The Morgan fingerprint density at radius 1 is 1.23 bits per heavy atom. The summed E-state index contributed by atoms with van der Waals surface area (Å²) < 4.78 is 12.7. The summed E-state index contributed by atoms with van der Waals surface area (Å²) in [5.74, 6) is 1.55. The average Bonchev–Trinajstić information content (AvgIpc) is 3.49. The summed E-state index contributed by atoms with van der Waals surface area (Å²) in [6.07, 6.45) is 1.50. The van der Waals surface area contributed by atoms with Crippen molar-refractivity contribution in [2.24, 2.45) is 5.73 Å². The minimum Gasteiger partial charge on any atom is -0.496 e. The number of hydrogen-bond donors (Lipinski definition) is 3. The predicted molar refractivity (Wildman–Crippen MR) is 140 cm³/mol. The number of aromatic amines is 1. The van der Waals surface area contributed by atoms with Crippen molar-refractivity contribution < 1.29 is 19.4 Å². The Balaban J connectivity index is 1.18. The van der Waals surface area contributed by atoms with Crippen molar-refractivity contribution >= 4 is 38.2 Å². The molecule has 7 nitrogen and oxygen atoms in total. The highest BCUT2D eigenvalue weighted by Crippen LogP contribution is 2.40. The number of primary amides is 1. The summed E-state index contributed by atoms with van der Waals surface area (Å²) in [6.45, 7) is 3.91. The first-order chi connectivity index (χ1) is 16.9. The van der Waals surface area contributed by atoms with E-state index >= 15 is 0 Å². The van der Waals surface area contributed by atoms with Crippen LogP contribution in [0.5, 0.6) is 11.5 Å². The number of nitrogens with zero attached hydrogens (tertiary/aromatic N) is 1. The molecule has 4 aromatic rings. The number of aliphatic hydroxyl groups excluding tert-OH is 1. The zero-order valence-electron chi connectivity index (χ0n) is 20.0. The van der Waals surface area contributed by atoms with E-state index in [2.05, 4.69) is 28.9 Å². The van der Waals surface area contributed by atoms with Crippen LogP contribution in [0.4, 0.5) is 0 Å². The molecule has 35 heavy (non-hydrogen) atoms. The number of carbonyl (C=O) groups is 1. The van der Waals surface area contributed by atoms with Gasteiger partial charge in [-0.1, -0.05) is 12.1 Å². The molecule has 1 saturated heterocycles. The molecule has 1 fully saturated rings. The van der Waals surface area contributed by atoms with Crippen LogP contribution in [0, 0.1) is 0 Å². The number of hydrogen-bond acceptors (Lipinski definition) is 6. The molecule has 2 aromatic carbocycles. The number of methoxy groups -OCH3 is 1. The van der Waals surface area contributed by atoms with Crippen molar-refractivity contribution in [1.29, 1.82) is 0 Å². The van der Waals surface area contributed by atoms with Gasteiger partial charge in [0.2, 0.25) is 0 Å². The largest absolute Gasteiger partial charge is 0.496 e. The van der Waals surface area contributed by atoms with E-state index in [1.807, 2.05) is 41.7 Å². The Bertz CT molecular complexity index is 1350. The van der Waals surface area contributed by atoms with Crippen LogP contribution in [-0.4, -0.2) is 59.8 Å². The second kappa shape index (κ2) is 9.89. The van der Waals surface area contributed by atoms with Crippen molar-refractivity contribution in [2.45, 2.75) is 37.8 Å². The van der Waals surface area contributed by atoms with Crippen LogP contribution in [-0.2, 0) is 0 Å². The van der Waals surface area contributed by atoms with E-state index in [1.54, 1.807) is 13.2 Å². The molecular weight excluding hydrogens is 462 g/mol. The van der Waals surface area contributed by atoms with Crippen LogP contribution in [0.25, 0.3) is 21.0 Å². The third kappa shape index (κ3) is 4.87. The molecule has 0 radical (unpaired) electrons. The molecular formula is C27H31N3O4S. The first-order valence-electron chi connectivity index (χ1n) is 12.0. The Hall–Kier alpha value is -3.07. The van der Waals surface area contributed by atoms with E-state index in [9.17, 15) is 9.90 Å². The van der Waals surface area contributed by atoms with Gasteiger partial charge in [-0.2, -0.15) is 0 Å². The fourth-order valence-electron chi connectivity index (χ4n) is 5.08. The van der Waals surface area contributed by atoms with E-state index in [-0.39, 0.29) is 6.61 Å². The molecule has 5 rings (SSSR count). The second-order valence-corrected chi connectivity index (χ2v) is 10.4. The number of likely N-dealkylation sites (tertiary alicyclic amines) is 1.